The number of nitrogens with one attached hydrogen (secondary N) is 2. The van der Waals surface area contributed by atoms with Crippen LogP contribution in [0.4, 0.5) is 16.3 Å². The lowest BCUT2D eigenvalue weighted by molar-refractivity contribution is -0.116. The first kappa shape index (κ1) is 26.8. The first-order chi connectivity index (χ1) is 17.0. The van der Waals surface area contributed by atoms with E-state index < -0.39 is 0 Å². The highest BCUT2D eigenvalue weighted by Crippen LogP contribution is 2.28. The van der Waals surface area contributed by atoms with Crippen LogP contribution >= 0.6 is 0 Å². The molecule has 0 atom stereocenters. The Morgan fingerprint density at radius 2 is 1.78 bits per heavy atom. The standard InChI is InChI=1S/C28H37N5O3/c1-8-15-32(27(35)29-21-12-10-13-22(16-21)36-7)18-26(34)30-25-17-24(28(4,5)6)31-33(25)23-14-9-11-19(2)20(23)3/h9-14,16-17H,8,15,18H2,1-7H3,(H,29,35)(H,30,34). The van der Waals surface area contributed by atoms with Gasteiger partial charge in [0.2, 0.25) is 5.91 Å². The molecule has 2 N–H and O–H groups in total. The average Bonchev–Trinajstić information content (AvgIpc) is 3.24. The molecule has 1 aromatic heterocycles. The van der Waals surface area contributed by atoms with Crippen molar-refractivity contribution in [3.8, 4) is 11.4 Å². The number of aromatic nitrogens is 2. The predicted octanol–water partition coefficient (Wildman–Crippen LogP) is 5.68. The summed E-state index contributed by atoms with van der Waals surface area (Å²) in [5, 5.41) is 10.7. The largest absolute Gasteiger partial charge is 0.497 e. The third kappa shape index (κ3) is 6.44. The molecule has 0 unspecified atom stereocenters. The summed E-state index contributed by atoms with van der Waals surface area (Å²) in [6.45, 7) is 12.7. The molecule has 3 aromatic rings. The molecule has 0 saturated carbocycles. The maximum absolute atomic E-state index is 13.2. The number of carbonyl (C=O) groups is 2. The molecule has 0 aliphatic carbocycles. The van der Waals surface area contributed by atoms with Gasteiger partial charge in [0.1, 0.15) is 18.1 Å². The van der Waals surface area contributed by atoms with Gasteiger partial charge in [0.15, 0.2) is 0 Å². The Morgan fingerprint density at radius 1 is 1.06 bits per heavy atom. The average molecular weight is 492 g/mol. The highest BCUT2D eigenvalue weighted by Gasteiger charge is 2.23. The molecule has 0 aliphatic heterocycles. The number of benzene rings is 2. The zero-order chi connectivity index (χ0) is 26.5. The number of anilines is 2. The molecule has 0 fully saturated rings. The molecule has 8 heteroatoms. The number of urea groups is 1. The van der Waals surface area contributed by atoms with Crippen molar-refractivity contribution in [1.29, 1.82) is 0 Å². The fourth-order valence-corrected chi connectivity index (χ4v) is 3.77. The van der Waals surface area contributed by atoms with E-state index in [0.29, 0.717) is 30.2 Å². The zero-order valence-electron chi connectivity index (χ0n) is 22.3. The van der Waals surface area contributed by atoms with E-state index in [1.54, 1.807) is 36.1 Å². The van der Waals surface area contributed by atoms with Gasteiger partial charge < -0.3 is 20.3 Å². The fraction of sp³-hybridized carbons (Fsp3) is 0.393. The summed E-state index contributed by atoms with van der Waals surface area (Å²) in [7, 11) is 1.57. The van der Waals surface area contributed by atoms with Crippen molar-refractivity contribution in [2.75, 3.05) is 30.8 Å². The Hall–Kier alpha value is -3.81. The van der Waals surface area contributed by atoms with Crippen molar-refractivity contribution >= 4 is 23.4 Å². The number of hydrogen-bond acceptors (Lipinski definition) is 4. The number of rotatable bonds is 8. The molecule has 0 spiro atoms. The van der Waals surface area contributed by atoms with Crippen LogP contribution in [0.2, 0.25) is 0 Å². The van der Waals surface area contributed by atoms with E-state index >= 15 is 0 Å². The lowest BCUT2D eigenvalue weighted by atomic mass is 9.92. The van der Waals surface area contributed by atoms with E-state index in [2.05, 4.69) is 44.4 Å². The van der Waals surface area contributed by atoms with Crippen LogP contribution in [0.1, 0.15) is 50.9 Å². The smallest absolute Gasteiger partial charge is 0.322 e. The second-order valence-electron chi connectivity index (χ2n) is 9.93. The van der Waals surface area contributed by atoms with Gasteiger partial charge in [-0.15, -0.1) is 0 Å². The van der Waals surface area contributed by atoms with Crippen LogP contribution in [-0.4, -0.2) is 46.8 Å². The van der Waals surface area contributed by atoms with Gasteiger partial charge >= 0.3 is 6.03 Å². The Bertz CT molecular complexity index is 1230. The minimum Gasteiger partial charge on any atom is -0.497 e. The summed E-state index contributed by atoms with van der Waals surface area (Å²) in [5.74, 6) is 0.918. The van der Waals surface area contributed by atoms with Gasteiger partial charge in [-0.1, -0.05) is 45.9 Å². The van der Waals surface area contributed by atoms with E-state index in [0.717, 1.165) is 22.5 Å². The molecule has 8 nitrogen and oxygen atoms in total. The van der Waals surface area contributed by atoms with Crippen molar-refractivity contribution in [3.63, 3.8) is 0 Å². The summed E-state index contributed by atoms with van der Waals surface area (Å²) in [4.78, 5) is 27.6. The second-order valence-corrected chi connectivity index (χ2v) is 9.93. The maximum Gasteiger partial charge on any atom is 0.322 e. The van der Waals surface area contributed by atoms with Crippen LogP contribution in [0.5, 0.6) is 5.75 Å². The molecule has 36 heavy (non-hydrogen) atoms. The summed E-state index contributed by atoms with van der Waals surface area (Å²) < 4.78 is 7.01. The van der Waals surface area contributed by atoms with Crippen molar-refractivity contribution < 1.29 is 14.3 Å². The monoisotopic (exact) mass is 491 g/mol. The van der Waals surface area contributed by atoms with Gasteiger partial charge in [-0.2, -0.15) is 5.10 Å². The SMILES string of the molecule is CCCN(CC(=O)Nc1cc(C(C)(C)C)nn1-c1cccc(C)c1C)C(=O)Nc1cccc(OC)c1. The number of aryl methyl sites for hydroxylation is 1. The van der Waals surface area contributed by atoms with Crippen molar-refractivity contribution in [2.45, 2.75) is 53.4 Å². The molecule has 0 saturated heterocycles. The van der Waals surface area contributed by atoms with Gasteiger partial charge in [0, 0.05) is 29.8 Å². The molecule has 1 heterocycles. The molecular formula is C28H37N5O3. The van der Waals surface area contributed by atoms with Crippen LogP contribution in [-0.2, 0) is 10.2 Å². The molecular weight excluding hydrogens is 454 g/mol. The Labute approximate surface area is 213 Å². The Morgan fingerprint density at radius 3 is 2.44 bits per heavy atom. The first-order valence-electron chi connectivity index (χ1n) is 12.2. The van der Waals surface area contributed by atoms with Crippen LogP contribution in [0.25, 0.3) is 5.69 Å². The van der Waals surface area contributed by atoms with Crippen molar-refractivity contribution in [1.82, 2.24) is 14.7 Å². The van der Waals surface area contributed by atoms with Crippen molar-refractivity contribution in [3.05, 3.63) is 65.4 Å². The molecule has 2 aromatic carbocycles. The minimum absolute atomic E-state index is 0.0908. The third-order valence-electron chi connectivity index (χ3n) is 5.99. The lowest BCUT2D eigenvalue weighted by Crippen LogP contribution is -2.41. The van der Waals surface area contributed by atoms with Gasteiger partial charge in [0.05, 0.1) is 18.5 Å². The van der Waals surface area contributed by atoms with Crippen LogP contribution in [0.15, 0.2) is 48.5 Å². The lowest BCUT2D eigenvalue weighted by Gasteiger charge is -2.22. The number of carbonyl (C=O) groups excluding carboxylic acids is 2. The van der Waals surface area contributed by atoms with Crippen LogP contribution in [0, 0.1) is 13.8 Å². The molecule has 3 rings (SSSR count). The first-order valence-corrected chi connectivity index (χ1v) is 12.2. The molecule has 3 amide bonds. The number of amides is 3. The van der Waals surface area contributed by atoms with Gasteiger partial charge in [0.25, 0.3) is 0 Å². The number of nitrogens with zero attached hydrogens (tertiary/aromatic N) is 3. The predicted molar refractivity (Wildman–Crippen MR) is 144 cm³/mol. The Kier molecular flexibility index (Phi) is 8.40. The molecule has 0 aliphatic rings. The fourth-order valence-electron chi connectivity index (χ4n) is 3.77. The molecule has 192 valence electrons. The summed E-state index contributed by atoms with van der Waals surface area (Å²) in [6, 6.07) is 14.7. The number of methoxy groups -OCH3 is 1. The van der Waals surface area contributed by atoms with Crippen LogP contribution < -0.4 is 15.4 Å². The van der Waals surface area contributed by atoms with Crippen molar-refractivity contribution in [2.24, 2.45) is 0 Å². The molecule has 0 bridgehead atoms. The summed E-state index contributed by atoms with van der Waals surface area (Å²) >= 11 is 0. The summed E-state index contributed by atoms with van der Waals surface area (Å²) in [5.41, 5.74) is 4.39. The van der Waals surface area contributed by atoms with Gasteiger partial charge in [-0.25, -0.2) is 9.48 Å². The zero-order valence-corrected chi connectivity index (χ0v) is 22.3. The van der Waals surface area contributed by atoms with Gasteiger partial charge in [-0.05, 0) is 49.6 Å². The molecule has 0 radical (unpaired) electrons. The third-order valence-corrected chi connectivity index (χ3v) is 5.99. The Balaban J connectivity index is 1.83. The topological polar surface area (TPSA) is 88.5 Å². The number of ether oxygens (including phenoxy) is 1. The van der Waals surface area contributed by atoms with Gasteiger partial charge in [-0.3, -0.25) is 4.79 Å². The van der Waals surface area contributed by atoms with E-state index in [-0.39, 0.29) is 23.9 Å². The minimum atomic E-state index is -0.348. The highest BCUT2D eigenvalue weighted by atomic mass is 16.5. The van der Waals surface area contributed by atoms with E-state index in [4.69, 9.17) is 9.84 Å². The summed E-state index contributed by atoms with van der Waals surface area (Å²) in [6.07, 6.45) is 0.716. The maximum atomic E-state index is 13.2. The van der Waals surface area contributed by atoms with E-state index in [9.17, 15) is 9.59 Å². The number of hydrogen-bond donors (Lipinski definition) is 2. The normalized spacial score (nSPS) is 11.2. The second kappa shape index (κ2) is 11.3. The highest BCUT2D eigenvalue weighted by molar-refractivity contribution is 5.97. The van der Waals surface area contributed by atoms with E-state index in [1.807, 2.05) is 32.0 Å². The quantitative estimate of drug-likeness (QED) is 0.424. The van der Waals surface area contributed by atoms with E-state index in [1.165, 1.54) is 4.90 Å². The van der Waals surface area contributed by atoms with Crippen LogP contribution in [0.3, 0.4) is 0 Å².